The first-order valence-corrected chi connectivity index (χ1v) is 10.4. The highest BCUT2D eigenvalue weighted by Gasteiger charge is 2.38. The van der Waals surface area contributed by atoms with Gasteiger partial charge in [-0.25, -0.2) is 4.98 Å². The first kappa shape index (κ1) is 19.0. The Balaban J connectivity index is 1.42. The molecule has 3 heterocycles. The van der Waals surface area contributed by atoms with Gasteiger partial charge in [0.25, 0.3) is 5.91 Å². The van der Waals surface area contributed by atoms with Crippen LogP contribution in [-0.2, 0) is 11.3 Å². The van der Waals surface area contributed by atoms with E-state index >= 15 is 0 Å². The van der Waals surface area contributed by atoms with Gasteiger partial charge in [-0.05, 0) is 43.5 Å². The molecule has 154 valence electrons. The monoisotopic (exact) mass is 404 g/mol. The van der Waals surface area contributed by atoms with Crippen LogP contribution in [0.25, 0.3) is 11.3 Å². The van der Waals surface area contributed by atoms with E-state index in [-0.39, 0.29) is 24.1 Å². The number of ether oxygens (including phenoxy) is 2. The fourth-order valence-electron chi connectivity index (χ4n) is 4.27. The second-order valence-electron chi connectivity index (χ2n) is 8.23. The third kappa shape index (κ3) is 3.53. The molecule has 0 bridgehead atoms. The molecule has 0 radical (unpaired) electrons. The molecule has 0 spiro atoms. The number of nitrogens with one attached hydrogen (secondary N) is 1. The molecule has 1 saturated heterocycles. The summed E-state index contributed by atoms with van der Waals surface area (Å²) in [4.78, 5) is 19.8. The quantitative estimate of drug-likeness (QED) is 0.796. The zero-order valence-electron chi connectivity index (χ0n) is 16.9. The number of hydrogen-bond acceptors (Lipinski definition) is 6. The highest BCUT2D eigenvalue weighted by atomic mass is 16.5. The summed E-state index contributed by atoms with van der Waals surface area (Å²) in [6.07, 6.45) is 3.20. The van der Waals surface area contributed by atoms with Crippen LogP contribution in [0.5, 0.6) is 5.75 Å². The molecule has 7 nitrogen and oxygen atoms in total. The number of nitriles is 1. The third-order valence-electron chi connectivity index (χ3n) is 5.99. The Labute approximate surface area is 175 Å². The van der Waals surface area contributed by atoms with Crippen LogP contribution in [0.1, 0.15) is 40.9 Å². The van der Waals surface area contributed by atoms with Crippen molar-refractivity contribution in [2.45, 2.75) is 44.0 Å². The maximum Gasteiger partial charge on any atom is 0.273 e. The molecule has 1 saturated carbocycles. The standard InChI is InChI=1S/C23H24N4O3/c1-29-13-16-9-17(11-25-16)27-12-15-3-6-20(26-22(15)23(27)28)19-8-14(10-24)2-7-21(19)30-18-4-5-18/h2-3,6-8,16-18,25H,4-5,9,11-13H2,1H3/t16-,17+/m0/s1. The number of aromatic nitrogens is 1. The number of benzene rings is 1. The van der Waals surface area contributed by atoms with Crippen molar-refractivity contribution in [2.24, 2.45) is 0 Å². The van der Waals surface area contributed by atoms with Crippen molar-refractivity contribution in [3.05, 3.63) is 47.2 Å². The zero-order valence-corrected chi connectivity index (χ0v) is 16.9. The number of pyridine rings is 1. The molecule has 2 atom stereocenters. The highest BCUT2D eigenvalue weighted by molar-refractivity contribution is 5.97. The second kappa shape index (κ2) is 7.71. The van der Waals surface area contributed by atoms with Crippen LogP contribution in [0.4, 0.5) is 0 Å². The molecule has 2 fully saturated rings. The van der Waals surface area contributed by atoms with E-state index in [1.165, 1.54) is 0 Å². The lowest BCUT2D eigenvalue weighted by Gasteiger charge is -2.22. The van der Waals surface area contributed by atoms with Crippen molar-refractivity contribution in [3.8, 4) is 23.1 Å². The Morgan fingerprint density at radius 1 is 1.30 bits per heavy atom. The van der Waals surface area contributed by atoms with Crippen molar-refractivity contribution >= 4 is 5.91 Å². The predicted octanol–water partition coefficient (Wildman–Crippen LogP) is 2.49. The number of carbonyl (C=O) groups is 1. The van der Waals surface area contributed by atoms with Crippen molar-refractivity contribution in [3.63, 3.8) is 0 Å². The van der Waals surface area contributed by atoms with Gasteiger partial charge in [-0.3, -0.25) is 4.79 Å². The van der Waals surface area contributed by atoms with Crippen molar-refractivity contribution in [1.29, 1.82) is 5.26 Å². The zero-order chi connectivity index (χ0) is 20.7. The molecule has 7 heteroatoms. The Kier molecular flexibility index (Phi) is 4.89. The van der Waals surface area contributed by atoms with Crippen LogP contribution < -0.4 is 10.1 Å². The minimum atomic E-state index is -0.0298. The van der Waals surface area contributed by atoms with E-state index in [4.69, 9.17) is 14.5 Å². The predicted molar refractivity (Wildman–Crippen MR) is 110 cm³/mol. The summed E-state index contributed by atoms with van der Waals surface area (Å²) in [7, 11) is 1.69. The van der Waals surface area contributed by atoms with Gasteiger partial charge in [-0.1, -0.05) is 6.07 Å². The summed E-state index contributed by atoms with van der Waals surface area (Å²) in [6.45, 7) is 1.99. The van der Waals surface area contributed by atoms with Gasteiger partial charge in [0.1, 0.15) is 11.4 Å². The first-order valence-electron chi connectivity index (χ1n) is 10.4. The molecule has 30 heavy (non-hydrogen) atoms. The summed E-state index contributed by atoms with van der Waals surface area (Å²) in [5, 5.41) is 12.7. The van der Waals surface area contributed by atoms with Gasteiger partial charge in [0.15, 0.2) is 0 Å². The highest BCUT2D eigenvalue weighted by Crippen LogP contribution is 2.36. The second-order valence-corrected chi connectivity index (χ2v) is 8.23. The van der Waals surface area contributed by atoms with E-state index < -0.39 is 0 Å². The van der Waals surface area contributed by atoms with E-state index in [0.717, 1.165) is 36.9 Å². The molecule has 1 aromatic carbocycles. The van der Waals surface area contributed by atoms with Crippen molar-refractivity contribution < 1.29 is 14.3 Å². The topological polar surface area (TPSA) is 87.5 Å². The SMILES string of the molecule is COC[C@@H]1C[C@@H](N2Cc3ccc(-c4cc(C#N)ccc4OC4CC4)nc3C2=O)CN1. The van der Waals surface area contributed by atoms with E-state index in [0.29, 0.717) is 35.9 Å². The van der Waals surface area contributed by atoms with E-state index in [2.05, 4.69) is 11.4 Å². The number of hydrogen-bond donors (Lipinski definition) is 1. The van der Waals surface area contributed by atoms with E-state index in [1.54, 1.807) is 19.2 Å². The van der Waals surface area contributed by atoms with Crippen LogP contribution in [0, 0.1) is 11.3 Å². The first-order chi connectivity index (χ1) is 14.7. The van der Waals surface area contributed by atoms with E-state index in [9.17, 15) is 10.1 Å². The normalized spacial score (nSPS) is 22.8. The minimum absolute atomic E-state index is 0.0298. The molecule has 1 N–H and O–H groups in total. The molecule has 2 aliphatic heterocycles. The van der Waals surface area contributed by atoms with Gasteiger partial charge >= 0.3 is 0 Å². The molecular formula is C23H24N4O3. The average molecular weight is 404 g/mol. The summed E-state index contributed by atoms with van der Waals surface area (Å²) < 4.78 is 11.3. The smallest absolute Gasteiger partial charge is 0.273 e. The summed E-state index contributed by atoms with van der Waals surface area (Å²) in [5.74, 6) is 0.687. The largest absolute Gasteiger partial charge is 0.490 e. The molecule has 1 aromatic heterocycles. The fraction of sp³-hybridized carbons (Fsp3) is 0.435. The van der Waals surface area contributed by atoms with E-state index in [1.807, 2.05) is 23.1 Å². The Morgan fingerprint density at radius 2 is 2.17 bits per heavy atom. The van der Waals surface area contributed by atoms with Crippen LogP contribution in [-0.4, -0.2) is 54.2 Å². The Morgan fingerprint density at radius 3 is 2.93 bits per heavy atom. The number of rotatable bonds is 6. The molecule has 1 amide bonds. The number of methoxy groups -OCH3 is 1. The van der Waals surface area contributed by atoms with Gasteiger partial charge in [0.2, 0.25) is 0 Å². The van der Waals surface area contributed by atoms with Gasteiger partial charge in [-0.2, -0.15) is 5.26 Å². The summed E-state index contributed by atoms with van der Waals surface area (Å²) in [5.41, 5.74) is 3.42. The van der Waals surface area contributed by atoms with Crippen LogP contribution in [0.2, 0.25) is 0 Å². The summed E-state index contributed by atoms with van der Waals surface area (Å²) >= 11 is 0. The maximum atomic E-state index is 13.1. The van der Waals surface area contributed by atoms with Crippen molar-refractivity contribution in [2.75, 3.05) is 20.3 Å². The van der Waals surface area contributed by atoms with Gasteiger partial charge in [0, 0.05) is 43.4 Å². The van der Waals surface area contributed by atoms with Crippen LogP contribution >= 0.6 is 0 Å². The lowest BCUT2D eigenvalue weighted by Crippen LogP contribution is -2.37. The number of nitrogens with zero attached hydrogens (tertiary/aromatic N) is 3. The molecule has 0 unspecified atom stereocenters. The van der Waals surface area contributed by atoms with Gasteiger partial charge < -0.3 is 19.7 Å². The molecule has 5 rings (SSSR count). The lowest BCUT2D eigenvalue weighted by atomic mass is 10.1. The molecule has 3 aliphatic rings. The van der Waals surface area contributed by atoms with Crippen LogP contribution in [0.3, 0.4) is 0 Å². The molecule has 1 aliphatic carbocycles. The third-order valence-corrected chi connectivity index (χ3v) is 5.99. The van der Waals surface area contributed by atoms with Gasteiger partial charge in [0.05, 0.1) is 30.0 Å². The molecular weight excluding hydrogens is 380 g/mol. The minimum Gasteiger partial charge on any atom is -0.490 e. The maximum absolute atomic E-state index is 13.1. The van der Waals surface area contributed by atoms with Crippen LogP contribution in [0.15, 0.2) is 30.3 Å². The molecule has 2 aromatic rings. The summed E-state index contributed by atoms with van der Waals surface area (Å²) in [6, 6.07) is 11.9. The number of amides is 1. The Hall–Kier alpha value is -2.95. The van der Waals surface area contributed by atoms with Gasteiger partial charge in [-0.15, -0.1) is 0 Å². The average Bonchev–Trinajstić information content (AvgIpc) is 3.36. The Bertz CT molecular complexity index is 1030. The number of fused-ring (bicyclic) bond motifs is 1. The van der Waals surface area contributed by atoms with Crippen molar-refractivity contribution in [1.82, 2.24) is 15.2 Å². The fourth-order valence-corrected chi connectivity index (χ4v) is 4.27. The number of carbonyl (C=O) groups excluding carboxylic acids is 1. The lowest BCUT2D eigenvalue weighted by molar-refractivity contribution is 0.0707.